The van der Waals surface area contributed by atoms with E-state index in [1.165, 1.54) is 63.4 Å². The maximum Gasteiger partial charge on any atom is 0.105 e. The minimum absolute atomic E-state index is 0.615. The van der Waals surface area contributed by atoms with E-state index in [1.807, 2.05) is 34.6 Å². The summed E-state index contributed by atoms with van der Waals surface area (Å²) in [5.41, 5.74) is 1.22. The van der Waals surface area contributed by atoms with Crippen molar-refractivity contribution >= 4 is 5.84 Å². The molecule has 33 heavy (non-hydrogen) atoms. The molecule has 0 radical (unpaired) electrons. The molecule has 4 nitrogen and oxygen atoms in total. The second-order valence-electron chi connectivity index (χ2n) is 7.90. The Balaban J connectivity index is -0.000000445. The molecule has 0 amide bonds. The maximum atomic E-state index is 7.73. The molecule has 1 saturated carbocycles. The predicted molar refractivity (Wildman–Crippen MR) is 149 cm³/mol. The third-order valence-corrected chi connectivity index (χ3v) is 5.12. The van der Waals surface area contributed by atoms with Crippen molar-refractivity contribution in [2.45, 2.75) is 125 Å². The highest BCUT2D eigenvalue weighted by Crippen LogP contribution is 2.25. The van der Waals surface area contributed by atoms with Gasteiger partial charge >= 0.3 is 0 Å². The van der Waals surface area contributed by atoms with E-state index < -0.39 is 0 Å². The van der Waals surface area contributed by atoms with Crippen LogP contribution in [0.2, 0.25) is 0 Å². The van der Waals surface area contributed by atoms with E-state index in [0.717, 1.165) is 38.7 Å². The largest absolute Gasteiger partial charge is 0.400 e. The lowest BCUT2D eigenvalue weighted by Crippen LogP contribution is -2.07. The minimum Gasteiger partial charge on any atom is -0.400 e. The zero-order valence-electron chi connectivity index (χ0n) is 23.2. The fourth-order valence-corrected chi connectivity index (χ4v) is 3.39. The van der Waals surface area contributed by atoms with Crippen molar-refractivity contribution in [3.63, 3.8) is 0 Å². The third-order valence-electron chi connectivity index (χ3n) is 5.12. The maximum absolute atomic E-state index is 7.73. The molecular formula is C29H57N3O. The number of aliphatic hydroxyl groups excluding tert-OH is 1. The molecule has 0 unspecified atom stereocenters. The predicted octanol–water partition coefficient (Wildman–Crippen LogP) is 9.21. The van der Waals surface area contributed by atoms with Gasteiger partial charge in [0, 0.05) is 25.9 Å². The lowest BCUT2D eigenvalue weighted by Gasteiger charge is -2.04. The molecule has 0 saturated heterocycles. The van der Waals surface area contributed by atoms with Crippen LogP contribution in [0.5, 0.6) is 0 Å². The number of nitrogens with one attached hydrogen (secondary N) is 1. The molecule has 1 heterocycles. The quantitative estimate of drug-likeness (QED) is 0.149. The van der Waals surface area contributed by atoms with Crippen LogP contribution in [0.3, 0.4) is 0 Å². The van der Waals surface area contributed by atoms with Crippen molar-refractivity contribution in [1.82, 2.24) is 9.55 Å². The lowest BCUT2D eigenvalue weighted by atomic mass is 10.1. The molecule has 0 aliphatic heterocycles. The van der Waals surface area contributed by atoms with Crippen LogP contribution < -0.4 is 0 Å². The molecule has 194 valence electrons. The summed E-state index contributed by atoms with van der Waals surface area (Å²) in [6, 6.07) is 0. The van der Waals surface area contributed by atoms with Gasteiger partial charge in [0.15, 0.2) is 0 Å². The zero-order valence-corrected chi connectivity index (χ0v) is 23.2. The van der Waals surface area contributed by atoms with Crippen LogP contribution in [0.15, 0.2) is 43.0 Å². The fourth-order valence-electron chi connectivity index (χ4n) is 3.39. The average Bonchev–Trinajstić information content (AvgIpc) is 3.58. The highest BCUT2D eigenvalue weighted by atomic mass is 16.2. The normalized spacial score (nSPS) is 12.2. The lowest BCUT2D eigenvalue weighted by molar-refractivity contribution is 0.399. The SMILES string of the molecule is C=C(C)CCCCC(=N)n1ccnc1.CC.CC.CCCCCC/C=C/C1CCCC1.CO. The van der Waals surface area contributed by atoms with Crippen LogP contribution in [-0.4, -0.2) is 27.6 Å². The number of allylic oxidation sites excluding steroid dienone is 3. The first-order valence-electron chi connectivity index (χ1n) is 13.4. The van der Waals surface area contributed by atoms with E-state index >= 15 is 0 Å². The molecule has 0 atom stereocenters. The van der Waals surface area contributed by atoms with Gasteiger partial charge in [0.2, 0.25) is 0 Å². The van der Waals surface area contributed by atoms with Crippen molar-refractivity contribution < 1.29 is 5.11 Å². The summed E-state index contributed by atoms with van der Waals surface area (Å²) in [6.45, 7) is 16.2. The van der Waals surface area contributed by atoms with Crippen molar-refractivity contribution in [3.05, 3.63) is 43.0 Å². The minimum atomic E-state index is 0.615. The first-order valence-corrected chi connectivity index (χ1v) is 13.4. The number of hydrogen-bond donors (Lipinski definition) is 2. The zero-order chi connectivity index (χ0) is 25.7. The summed E-state index contributed by atoms with van der Waals surface area (Å²) >= 11 is 0. The highest BCUT2D eigenvalue weighted by molar-refractivity contribution is 5.81. The van der Waals surface area contributed by atoms with Gasteiger partial charge in [-0.25, -0.2) is 4.98 Å². The Hall–Kier alpha value is -1.68. The molecule has 2 N–H and O–H groups in total. The van der Waals surface area contributed by atoms with Crippen molar-refractivity contribution in [2.75, 3.05) is 7.11 Å². The summed E-state index contributed by atoms with van der Waals surface area (Å²) in [5, 5.41) is 14.7. The standard InChI is InChI=1S/C13H24.C11H17N3.2C2H6.CH4O/c1-2-3-4-5-6-7-10-13-11-8-9-12-13;1-10(2)5-3-4-6-11(12)14-8-7-13-9-14;3*1-2/h7,10,13H,2-6,8-9,11-12H2,1H3;7-9,12H,1,3-6H2,2H3;2*1-2H3;2H,1H3/b10-7+;;;;. The van der Waals surface area contributed by atoms with E-state index in [1.54, 1.807) is 23.3 Å². The van der Waals surface area contributed by atoms with Gasteiger partial charge in [-0.05, 0) is 57.8 Å². The molecule has 1 aliphatic rings. The summed E-state index contributed by atoms with van der Waals surface area (Å²) < 4.78 is 1.75. The van der Waals surface area contributed by atoms with Gasteiger partial charge in [0.1, 0.15) is 12.2 Å². The third kappa shape index (κ3) is 24.8. The smallest absolute Gasteiger partial charge is 0.105 e. The Morgan fingerprint density at radius 3 is 2.15 bits per heavy atom. The molecule has 1 aromatic heterocycles. The summed E-state index contributed by atoms with van der Waals surface area (Å²) in [6.07, 6.45) is 26.8. The Morgan fingerprint density at radius 1 is 1.03 bits per heavy atom. The monoisotopic (exact) mass is 463 g/mol. The molecule has 1 fully saturated rings. The molecule has 2 rings (SSSR count). The number of aliphatic hydroxyl groups is 1. The number of hydrogen-bond acceptors (Lipinski definition) is 3. The number of rotatable bonds is 11. The first kappa shape index (κ1) is 35.9. The van der Waals surface area contributed by atoms with Crippen LogP contribution in [-0.2, 0) is 0 Å². The first-order chi connectivity index (χ1) is 16.1. The summed E-state index contributed by atoms with van der Waals surface area (Å²) in [4.78, 5) is 3.91. The number of aromatic nitrogens is 2. The number of unbranched alkanes of at least 4 members (excludes halogenated alkanes) is 5. The Kier molecular flexibility index (Phi) is 33.0. The Bertz CT molecular complexity index is 529. The van der Waals surface area contributed by atoms with E-state index in [2.05, 4.69) is 30.6 Å². The number of nitrogens with zero attached hydrogens (tertiary/aromatic N) is 2. The van der Waals surface area contributed by atoms with Gasteiger partial charge in [-0.15, -0.1) is 6.58 Å². The fraction of sp³-hybridized carbons (Fsp3) is 0.724. The van der Waals surface area contributed by atoms with Gasteiger partial charge in [0.25, 0.3) is 0 Å². The van der Waals surface area contributed by atoms with Crippen LogP contribution in [0.25, 0.3) is 0 Å². The van der Waals surface area contributed by atoms with Crippen molar-refractivity contribution in [1.29, 1.82) is 5.41 Å². The molecular weight excluding hydrogens is 406 g/mol. The molecule has 0 aromatic carbocycles. The Morgan fingerprint density at radius 2 is 1.64 bits per heavy atom. The van der Waals surface area contributed by atoms with Crippen LogP contribution in [0.4, 0.5) is 0 Å². The van der Waals surface area contributed by atoms with Gasteiger partial charge in [-0.2, -0.15) is 0 Å². The summed E-state index contributed by atoms with van der Waals surface area (Å²) in [5.74, 6) is 1.55. The van der Waals surface area contributed by atoms with E-state index in [0.29, 0.717) is 5.84 Å². The second-order valence-corrected chi connectivity index (χ2v) is 7.90. The van der Waals surface area contributed by atoms with E-state index in [9.17, 15) is 0 Å². The van der Waals surface area contributed by atoms with Crippen molar-refractivity contribution in [2.24, 2.45) is 5.92 Å². The second kappa shape index (κ2) is 30.3. The highest BCUT2D eigenvalue weighted by Gasteiger charge is 2.10. The van der Waals surface area contributed by atoms with Gasteiger partial charge in [-0.3, -0.25) is 9.98 Å². The van der Waals surface area contributed by atoms with Crippen LogP contribution in [0.1, 0.15) is 125 Å². The van der Waals surface area contributed by atoms with Crippen molar-refractivity contribution in [3.8, 4) is 0 Å². The molecule has 0 bridgehead atoms. The molecule has 0 spiro atoms. The van der Waals surface area contributed by atoms with Crippen LogP contribution >= 0.6 is 0 Å². The molecule has 1 aliphatic carbocycles. The topological polar surface area (TPSA) is 61.9 Å². The molecule has 4 heteroatoms. The number of imidazole rings is 1. The van der Waals surface area contributed by atoms with E-state index in [-0.39, 0.29) is 0 Å². The van der Waals surface area contributed by atoms with Gasteiger partial charge in [-0.1, -0.05) is 84.4 Å². The van der Waals surface area contributed by atoms with Gasteiger partial charge in [0.05, 0.1) is 0 Å². The van der Waals surface area contributed by atoms with Crippen LogP contribution in [0, 0.1) is 11.3 Å². The summed E-state index contributed by atoms with van der Waals surface area (Å²) in [7, 11) is 1.00. The van der Waals surface area contributed by atoms with E-state index in [4.69, 9.17) is 10.5 Å². The Labute approximate surface area is 207 Å². The molecule has 1 aromatic rings. The average molecular weight is 464 g/mol. The van der Waals surface area contributed by atoms with Gasteiger partial charge < -0.3 is 5.11 Å².